The van der Waals surface area contributed by atoms with E-state index in [9.17, 15) is 9.90 Å². The van der Waals surface area contributed by atoms with Crippen LogP contribution in [0.2, 0.25) is 0 Å². The number of nitriles is 1. The maximum Gasteiger partial charge on any atom is 0.177 e. The molecule has 1 aromatic rings. The highest BCUT2D eigenvalue weighted by Crippen LogP contribution is 2.36. The second kappa shape index (κ2) is 5.71. The van der Waals surface area contributed by atoms with Gasteiger partial charge >= 0.3 is 0 Å². The second-order valence-corrected chi connectivity index (χ2v) is 5.40. The molecular formula is C10H7Br2NO2S. The number of phenols is 1. The molecule has 1 N–H and O–H groups in total. The summed E-state index contributed by atoms with van der Waals surface area (Å²) in [5, 5.41) is 20.0. The molecule has 0 fully saturated rings. The number of thioether (sulfide) groups is 1. The number of halogens is 2. The molecule has 1 rings (SSSR count). The number of hydrogen-bond acceptors (Lipinski definition) is 4. The molecule has 3 nitrogen and oxygen atoms in total. The van der Waals surface area contributed by atoms with Crippen LogP contribution in [0.25, 0.3) is 0 Å². The number of hydrogen-bond donors (Lipinski definition) is 1. The number of rotatable bonds is 3. The van der Waals surface area contributed by atoms with E-state index in [1.807, 2.05) is 12.3 Å². The van der Waals surface area contributed by atoms with Crippen molar-refractivity contribution >= 4 is 49.4 Å². The Labute approximate surface area is 114 Å². The number of Topliss-reactive ketones (excluding diaryl/α,β-unsaturated/α-hetero) is 1. The van der Waals surface area contributed by atoms with Crippen molar-refractivity contribution in [3.63, 3.8) is 0 Å². The normalized spacial score (nSPS) is 9.88. The van der Waals surface area contributed by atoms with Crippen molar-refractivity contribution in [3.8, 4) is 11.2 Å². The molecular weight excluding hydrogens is 358 g/mol. The summed E-state index contributed by atoms with van der Waals surface area (Å²) in [7, 11) is 0. The number of aromatic hydroxyl groups is 1. The lowest BCUT2D eigenvalue weighted by Crippen LogP contribution is -2.03. The Morgan fingerprint density at radius 3 is 2.81 bits per heavy atom. The first-order chi connectivity index (χ1) is 7.49. The van der Waals surface area contributed by atoms with E-state index in [0.717, 1.165) is 21.8 Å². The van der Waals surface area contributed by atoms with Crippen molar-refractivity contribution in [2.24, 2.45) is 0 Å². The van der Waals surface area contributed by atoms with Crippen molar-refractivity contribution in [2.45, 2.75) is 6.92 Å². The third kappa shape index (κ3) is 2.78. The zero-order chi connectivity index (χ0) is 12.3. The first kappa shape index (κ1) is 13.6. The third-order valence-electron chi connectivity index (χ3n) is 1.99. The standard InChI is InChI=1S/C10H7Br2NO2S/c1-5-7(11)2-6(10(15)9(5)12)8(14)3-16-4-13/h2,15H,3H2,1H3. The van der Waals surface area contributed by atoms with Crippen LogP contribution in [0.5, 0.6) is 5.75 Å². The lowest BCUT2D eigenvalue weighted by atomic mass is 10.1. The topological polar surface area (TPSA) is 61.1 Å². The summed E-state index contributed by atoms with van der Waals surface area (Å²) in [4.78, 5) is 11.7. The van der Waals surface area contributed by atoms with Crippen LogP contribution in [0, 0.1) is 17.6 Å². The largest absolute Gasteiger partial charge is 0.506 e. The van der Waals surface area contributed by atoms with Crippen molar-refractivity contribution in [3.05, 3.63) is 26.1 Å². The summed E-state index contributed by atoms with van der Waals surface area (Å²) in [5.41, 5.74) is 1.04. The summed E-state index contributed by atoms with van der Waals surface area (Å²) in [6.45, 7) is 1.81. The molecule has 0 spiro atoms. The number of nitrogens with zero attached hydrogens (tertiary/aromatic N) is 1. The molecule has 6 heteroatoms. The average Bonchev–Trinajstić information content (AvgIpc) is 2.28. The zero-order valence-electron chi connectivity index (χ0n) is 8.25. The minimum atomic E-state index is -0.273. The van der Waals surface area contributed by atoms with Gasteiger partial charge in [-0.2, -0.15) is 5.26 Å². The molecule has 0 radical (unpaired) electrons. The predicted octanol–water partition coefficient (Wildman–Crippen LogP) is 3.62. The van der Waals surface area contributed by atoms with Crippen LogP contribution < -0.4 is 0 Å². The van der Waals surface area contributed by atoms with Crippen LogP contribution in [0.15, 0.2) is 15.0 Å². The highest BCUT2D eigenvalue weighted by Gasteiger charge is 2.17. The molecule has 84 valence electrons. The Morgan fingerprint density at radius 1 is 1.62 bits per heavy atom. The third-order valence-corrected chi connectivity index (χ3v) is 4.32. The van der Waals surface area contributed by atoms with E-state index in [-0.39, 0.29) is 22.8 Å². The van der Waals surface area contributed by atoms with Crippen molar-refractivity contribution < 1.29 is 9.90 Å². The highest BCUT2D eigenvalue weighted by atomic mass is 79.9. The molecule has 0 saturated carbocycles. The van der Waals surface area contributed by atoms with Crippen molar-refractivity contribution in [2.75, 3.05) is 5.75 Å². The molecule has 0 heterocycles. The van der Waals surface area contributed by atoms with Gasteiger partial charge in [0, 0.05) is 4.47 Å². The molecule has 0 saturated heterocycles. The van der Waals surface area contributed by atoms with E-state index in [2.05, 4.69) is 31.9 Å². The first-order valence-corrected chi connectivity index (χ1v) is 6.77. The lowest BCUT2D eigenvalue weighted by Gasteiger charge is -2.09. The lowest BCUT2D eigenvalue weighted by molar-refractivity contribution is 0.102. The van der Waals surface area contributed by atoms with E-state index in [0.29, 0.717) is 4.47 Å². The van der Waals surface area contributed by atoms with E-state index < -0.39 is 0 Å². The van der Waals surface area contributed by atoms with Crippen molar-refractivity contribution in [1.82, 2.24) is 0 Å². The van der Waals surface area contributed by atoms with Gasteiger partial charge in [0.2, 0.25) is 0 Å². The molecule has 0 atom stereocenters. The monoisotopic (exact) mass is 363 g/mol. The van der Waals surface area contributed by atoms with Gasteiger partial charge < -0.3 is 5.11 Å². The van der Waals surface area contributed by atoms with Crippen LogP contribution in [0.1, 0.15) is 15.9 Å². The molecule has 0 unspecified atom stereocenters. The van der Waals surface area contributed by atoms with Gasteiger partial charge in [0.1, 0.15) is 11.2 Å². The molecule has 0 amide bonds. The fraction of sp³-hybridized carbons (Fsp3) is 0.200. The van der Waals surface area contributed by atoms with Gasteiger partial charge in [0.05, 0.1) is 15.8 Å². The summed E-state index contributed by atoms with van der Waals surface area (Å²) < 4.78 is 1.23. The summed E-state index contributed by atoms with van der Waals surface area (Å²) in [5.74, 6) is -0.318. The quantitative estimate of drug-likeness (QED) is 0.657. The molecule has 1 aromatic carbocycles. The summed E-state index contributed by atoms with van der Waals surface area (Å²) in [6.07, 6.45) is 0. The Bertz CT molecular complexity index is 483. The predicted molar refractivity (Wildman–Crippen MR) is 70.6 cm³/mol. The number of phenolic OH excluding ortho intramolecular Hbond substituents is 1. The van der Waals surface area contributed by atoms with Gasteiger partial charge in [-0.05, 0) is 46.2 Å². The van der Waals surface area contributed by atoms with E-state index in [1.165, 1.54) is 0 Å². The average molecular weight is 365 g/mol. The number of ketones is 1. The van der Waals surface area contributed by atoms with E-state index in [1.54, 1.807) is 6.07 Å². The molecule has 16 heavy (non-hydrogen) atoms. The highest BCUT2D eigenvalue weighted by molar-refractivity contribution is 9.11. The first-order valence-electron chi connectivity index (χ1n) is 4.20. The zero-order valence-corrected chi connectivity index (χ0v) is 12.2. The fourth-order valence-electron chi connectivity index (χ4n) is 1.09. The van der Waals surface area contributed by atoms with Gasteiger partial charge in [-0.3, -0.25) is 4.79 Å². The summed E-state index contributed by atoms with van der Waals surface area (Å²) in [6, 6.07) is 1.57. The van der Waals surface area contributed by atoms with Gasteiger partial charge in [0.25, 0.3) is 0 Å². The van der Waals surface area contributed by atoms with Gasteiger partial charge in [0.15, 0.2) is 5.78 Å². The van der Waals surface area contributed by atoms with Crippen LogP contribution >= 0.6 is 43.6 Å². The molecule has 0 aliphatic carbocycles. The SMILES string of the molecule is Cc1c(Br)cc(C(=O)CSC#N)c(O)c1Br. The maximum atomic E-state index is 11.7. The smallest absolute Gasteiger partial charge is 0.177 e. The van der Waals surface area contributed by atoms with Crippen LogP contribution in [0.3, 0.4) is 0 Å². The number of carbonyl (C=O) groups excluding carboxylic acids is 1. The van der Waals surface area contributed by atoms with Crippen LogP contribution in [-0.4, -0.2) is 16.6 Å². The van der Waals surface area contributed by atoms with Gasteiger partial charge in [-0.15, -0.1) is 0 Å². The number of benzene rings is 1. The minimum absolute atomic E-state index is 0.0337. The molecule has 0 bridgehead atoms. The molecule has 0 aliphatic rings. The van der Waals surface area contributed by atoms with Crippen LogP contribution in [0.4, 0.5) is 0 Å². The number of thiocyanates is 1. The maximum absolute atomic E-state index is 11.7. The molecule has 0 aliphatic heterocycles. The number of carbonyl (C=O) groups is 1. The second-order valence-electron chi connectivity index (χ2n) is 3.00. The Hall–Kier alpha value is -0.510. The molecule has 0 aromatic heterocycles. The fourth-order valence-corrected chi connectivity index (χ4v) is 2.56. The van der Waals surface area contributed by atoms with Crippen molar-refractivity contribution in [1.29, 1.82) is 5.26 Å². The van der Waals surface area contributed by atoms with E-state index in [4.69, 9.17) is 5.26 Å². The Morgan fingerprint density at radius 2 is 2.25 bits per heavy atom. The Kier molecular flexibility index (Phi) is 4.84. The van der Waals surface area contributed by atoms with Crippen LogP contribution in [-0.2, 0) is 0 Å². The Balaban J connectivity index is 3.16. The van der Waals surface area contributed by atoms with Gasteiger partial charge in [-0.25, -0.2) is 0 Å². The summed E-state index contributed by atoms with van der Waals surface area (Å²) >= 11 is 7.37. The van der Waals surface area contributed by atoms with E-state index >= 15 is 0 Å². The van der Waals surface area contributed by atoms with Gasteiger partial charge in [-0.1, -0.05) is 15.9 Å². The minimum Gasteiger partial charge on any atom is -0.506 e.